The maximum atomic E-state index is 11.3. The molecule has 0 atom stereocenters. The number of anilines is 2. The summed E-state index contributed by atoms with van der Waals surface area (Å²) in [5.41, 5.74) is 13.5. The van der Waals surface area contributed by atoms with Crippen molar-refractivity contribution in [2.75, 3.05) is 23.7 Å². The van der Waals surface area contributed by atoms with Crippen LogP contribution in [0.5, 0.6) is 0 Å². The van der Waals surface area contributed by atoms with Gasteiger partial charge in [0.2, 0.25) is 5.91 Å². The van der Waals surface area contributed by atoms with Crippen LogP contribution in [0.3, 0.4) is 0 Å². The number of carbonyl (C=O) groups is 1. The average molecular weight is 302 g/mol. The predicted octanol–water partition coefficient (Wildman–Crippen LogP) is 2.09. The van der Waals surface area contributed by atoms with Gasteiger partial charge >= 0.3 is 0 Å². The Hall–Kier alpha value is -2.08. The third-order valence-electron chi connectivity index (χ3n) is 3.95. The van der Waals surface area contributed by atoms with E-state index in [1.807, 2.05) is 30.3 Å². The number of nitrogens with two attached hydrogens (primary N) is 2. The molecule has 1 aliphatic heterocycles. The van der Waals surface area contributed by atoms with Gasteiger partial charge in [-0.25, -0.2) is 0 Å². The third-order valence-corrected chi connectivity index (χ3v) is 4.87. The Balaban J connectivity index is 1.86. The fourth-order valence-electron chi connectivity index (χ4n) is 2.75. The Bertz CT molecular complexity index is 632. The maximum Gasteiger partial charge on any atom is 0.220 e. The number of hydrogen-bond acceptors (Lipinski definition) is 5. The van der Waals surface area contributed by atoms with Crippen molar-refractivity contribution in [3.05, 3.63) is 30.3 Å². The Morgan fingerprint density at radius 1 is 1.24 bits per heavy atom. The van der Waals surface area contributed by atoms with Gasteiger partial charge in [0.15, 0.2) is 0 Å². The minimum Gasteiger partial charge on any atom is -0.382 e. The van der Waals surface area contributed by atoms with Crippen molar-refractivity contribution in [3.8, 4) is 11.1 Å². The minimum absolute atomic E-state index is 0.00769. The average Bonchev–Trinajstić information content (AvgIpc) is 2.90. The summed E-state index contributed by atoms with van der Waals surface area (Å²) in [6.45, 7) is 1.63. The summed E-state index contributed by atoms with van der Waals surface area (Å²) in [5, 5.41) is 1.08. The molecule has 0 aliphatic carbocycles. The van der Waals surface area contributed by atoms with Gasteiger partial charge in [0.1, 0.15) is 10.8 Å². The molecule has 0 spiro atoms. The van der Waals surface area contributed by atoms with Crippen molar-refractivity contribution in [3.63, 3.8) is 0 Å². The highest BCUT2D eigenvalue weighted by Crippen LogP contribution is 2.40. The summed E-state index contributed by atoms with van der Waals surface area (Å²) in [6, 6.07) is 10.1. The van der Waals surface area contributed by atoms with Crippen molar-refractivity contribution in [2.45, 2.75) is 12.8 Å². The molecule has 21 heavy (non-hydrogen) atoms. The van der Waals surface area contributed by atoms with Crippen LogP contribution in [0.2, 0.25) is 0 Å². The smallest absolute Gasteiger partial charge is 0.220 e. The van der Waals surface area contributed by atoms with Crippen LogP contribution >= 0.6 is 11.5 Å². The zero-order chi connectivity index (χ0) is 14.8. The van der Waals surface area contributed by atoms with E-state index < -0.39 is 0 Å². The molecule has 1 fully saturated rings. The standard InChI is InChI=1S/C15H18N4OS/c16-13-12(10-4-2-1-3-5-10)15(21-18-13)19-8-6-11(7-9-19)14(17)20/h1-5,11H,6-9H2,(H2,16,18)(H2,17,20). The summed E-state index contributed by atoms with van der Waals surface area (Å²) < 4.78 is 4.31. The van der Waals surface area contributed by atoms with Crippen LogP contribution in [0.15, 0.2) is 30.3 Å². The van der Waals surface area contributed by atoms with Gasteiger partial charge in [0.05, 0.1) is 5.56 Å². The first-order chi connectivity index (χ1) is 10.2. The first kappa shape index (κ1) is 13.9. The zero-order valence-corrected chi connectivity index (χ0v) is 12.5. The number of benzene rings is 1. The molecule has 2 aromatic rings. The van der Waals surface area contributed by atoms with Crippen LogP contribution in [0.1, 0.15) is 12.8 Å². The van der Waals surface area contributed by atoms with E-state index in [2.05, 4.69) is 9.27 Å². The highest BCUT2D eigenvalue weighted by Gasteiger charge is 2.26. The number of aromatic nitrogens is 1. The fourth-order valence-corrected chi connectivity index (χ4v) is 3.64. The van der Waals surface area contributed by atoms with Gasteiger partial charge in [0.25, 0.3) is 0 Å². The van der Waals surface area contributed by atoms with E-state index in [1.54, 1.807) is 0 Å². The highest BCUT2D eigenvalue weighted by atomic mass is 32.1. The lowest BCUT2D eigenvalue weighted by Gasteiger charge is -2.31. The molecule has 2 heterocycles. The second kappa shape index (κ2) is 5.73. The van der Waals surface area contributed by atoms with Gasteiger partial charge in [-0.3, -0.25) is 4.79 Å². The van der Waals surface area contributed by atoms with Gasteiger partial charge < -0.3 is 16.4 Å². The van der Waals surface area contributed by atoms with Crippen LogP contribution in [-0.2, 0) is 4.79 Å². The second-order valence-corrected chi connectivity index (χ2v) is 6.03. The highest BCUT2D eigenvalue weighted by molar-refractivity contribution is 7.11. The van der Waals surface area contributed by atoms with Crippen molar-refractivity contribution in [1.29, 1.82) is 0 Å². The summed E-state index contributed by atoms with van der Waals surface area (Å²) in [6.07, 6.45) is 1.59. The summed E-state index contributed by atoms with van der Waals surface area (Å²) >= 11 is 1.42. The topological polar surface area (TPSA) is 85.2 Å². The molecule has 5 nitrogen and oxygen atoms in total. The van der Waals surface area contributed by atoms with Crippen LogP contribution in [0.4, 0.5) is 10.8 Å². The van der Waals surface area contributed by atoms with Crippen LogP contribution in [0.25, 0.3) is 11.1 Å². The van der Waals surface area contributed by atoms with E-state index in [4.69, 9.17) is 11.5 Å². The molecular weight excluding hydrogens is 284 g/mol. The number of piperidine rings is 1. The molecule has 3 rings (SSSR count). The molecule has 1 aromatic carbocycles. The zero-order valence-electron chi connectivity index (χ0n) is 11.7. The lowest BCUT2D eigenvalue weighted by molar-refractivity contribution is -0.122. The molecular formula is C15H18N4OS. The number of nitrogens with zero attached hydrogens (tertiary/aromatic N) is 2. The lowest BCUT2D eigenvalue weighted by Crippen LogP contribution is -2.38. The van der Waals surface area contributed by atoms with E-state index in [-0.39, 0.29) is 11.8 Å². The van der Waals surface area contributed by atoms with Gasteiger partial charge in [-0.2, -0.15) is 4.37 Å². The Kier molecular flexibility index (Phi) is 3.79. The summed E-state index contributed by atoms with van der Waals surface area (Å²) in [5.74, 6) is 0.367. The van der Waals surface area contributed by atoms with Gasteiger partial charge in [-0.1, -0.05) is 30.3 Å². The minimum atomic E-state index is -0.193. The number of hydrogen-bond donors (Lipinski definition) is 2. The fraction of sp³-hybridized carbons (Fsp3) is 0.333. The van der Waals surface area contributed by atoms with Crippen LogP contribution < -0.4 is 16.4 Å². The molecule has 1 saturated heterocycles. The molecule has 0 bridgehead atoms. The maximum absolute atomic E-state index is 11.3. The van der Waals surface area contributed by atoms with E-state index in [0.29, 0.717) is 5.82 Å². The van der Waals surface area contributed by atoms with Crippen LogP contribution in [0, 0.1) is 5.92 Å². The lowest BCUT2D eigenvalue weighted by atomic mass is 9.96. The van der Waals surface area contributed by atoms with Gasteiger partial charge in [0, 0.05) is 19.0 Å². The molecule has 6 heteroatoms. The number of carbonyl (C=O) groups excluding carboxylic acids is 1. The predicted molar refractivity (Wildman–Crippen MR) is 86.1 cm³/mol. The number of amides is 1. The van der Waals surface area contributed by atoms with Crippen LogP contribution in [-0.4, -0.2) is 23.4 Å². The molecule has 0 unspecified atom stereocenters. The quantitative estimate of drug-likeness (QED) is 0.909. The van der Waals surface area contributed by atoms with Gasteiger partial charge in [-0.15, -0.1) is 0 Å². The third kappa shape index (κ3) is 2.71. The molecule has 1 aromatic heterocycles. The number of rotatable bonds is 3. The van der Waals surface area contributed by atoms with Crippen molar-refractivity contribution < 1.29 is 4.79 Å². The van der Waals surface area contributed by atoms with Crippen molar-refractivity contribution >= 4 is 28.3 Å². The molecule has 1 aliphatic rings. The Morgan fingerprint density at radius 2 is 1.90 bits per heavy atom. The number of nitrogen functional groups attached to an aromatic ring is 1. The Morgan fingerprint density at radius 3 is 2.52 bits per heavy atom. The first-order valence-corrected chi connectivity index (χ1v) is 7.79. The van der Waals surface area contributed by atoms with E-state index in [0.717, 1.165) is 42.1 Å². The van der Waals surface area contributed by atoms with E-state index in [1.165, 1.54) is 11.5 Å². The van der Waals surface area contributed by atoms with Crippen molar-refractivity contribution in [1.82, 2.24) is 4.37 Å². The normalized spacial score (nSPS) is 16.1. The SMILES string of the molecule is NC(=O)C1CCN(c2snc(N)c2-c2ccccc2)CC1. The molecule has 1 amide bonds. The monoisotopic (exact) mass is 302 g/mol. The summed E-state index contributed by atoms with van der Waals surface area (Å²) in [4.78, 5) is 13.5. The summed E-state index contributed by atoms with van der Waals surface area (Å²) in [7, 11) is 0. The van der Waals surface area contributed by atoms with E-state index >= 15 is 0 Å². The molecule has 0 radical (unpaired) electrons. The molecule has 110 valence electrons. The first-order valence-electron chi connectivity index (χ1n) is 7.01. The number of primary amides is 1. The molecule has 0 saturated carbocycles. The van der Waals surface area contributed by atoms with E-state index in [9.17, 15) is 4.79 Å². The van der Waals surface area contributed by atoms with Gasteiger partial charge in [-0.05, 0) is 29.9 Å². The largest absolute Gasteiger partial charge is 0.382 e. The second-order valence-electron chi connectivity index (χ2n) is 5.28. The van der Waals surface area contributed by atoms with Crippen molar-refractivity contribution in [2.24, 2.45) is 11.7 Å². The Labute approximate surface area is 127 Å². The molecule has 4 N–H and O–H groups in total.